The van der Waals surface area contributed by atoms with Gasteiger partial charge in [-0.25, -0.2) is 4.79 Å². The van der Waals surface area contributed by atoms with Gasteiger partial charge in [0, 0.05) is 0 Å². The predicted molar refractivity (Wildman–Crippen MR) is 64.4 cm³/mol. The van der Waals surface area contributed by atoms with Crippen LogP contribution in [-0.4, -0.2) is 23.1 Å². The number of esters is 1. The number of hydrogen-bond donors (Lipinski definition) is 0. The molecule has 1 aromatic rings. The van der Waals surface area contributed by atoms with Gasteiger partial charge in [-0.05, 0) is 32.9 Å². The van der Waals surface area contributed by atoms with E-state index in [4.69, 9.17) is 9.47 Å². The molecule has 0 spiro atoms. The van der Waals surface area contributed by atoms with Crippen molar-refractivity contribution in [2.75, 3.05) is 6.61 Å². The van der Waals surface area contributed by atoms with Crippen LogP contribution in [0, 0.1) is 15.9 Å². The zero-order valence-electron chi connectivity index (χ0n) is 10.8. The van der Waals surface area contributed by atoms with Crippen molar-refractivity contribution in [2.45, 2.75) is 26.4 Å². The van der Waals surface area contributed by atoms with E-state index in [1.165, 1.54) is 6.07 Å². The Kier molecular flexibility index (Phi) is 4.42. The third-order valence-electron chi connectivity index (χ3n) is 1.89. The van der Waals surface area contributed by atoms with E-state index in [1.807, 2.05) is 0 Å². The molecular formula is C12H14FNO5. The maximum atomic E-state index is 13.1. The Balaban J connectivity index is 2.66. The predicted octanol–water partition coefficient (Wildman–Crippen LogP) is 2.45. The highest BCUT2D eigenvalue weighted by molar-refractivity contribution is 5.71. The maximum Gasteiger partial charge on any atom is 0.344 e. The molecule has 0 fully saturated rings. The van der Waals surface area contributed by atoms with Gasteiger partial charge in [0.2, 0.25) is 5.82 Å². The number of benzene rings is 1. The summed E-state index contributed by atoms with van der Waals surface area (Å²) in [6.07, 6.45) is 0. The summed E-state index contributed by atoms with van der Waals surface area (Å²) in [5.74, 6) is -1.55. The number of hydrogen-bond acceptors (Lipinski definition) is 5. The zero-order valence-corrected chi connectivity index (χ0v) is 10.8. The number of carbonyl (C=O) groups excluding carboxylic acids is 1. The first-order valence-electron chi connectivity index (χ1n) is 5.47. The van der Waals surface area contributed by atoms with Gasteiger partial charge in [-0.2, -0.15) is 4.39 Å². The molecule has 0 amide bonds. The highest BCUT2D eigenvalue weighted by Gasteiger charge is 2.18. The lowest BCUT2D eigenvalue weighted by Gasteiger charge is -2.19. The fourth-order valence-electron chi connectivity index (χ4n) is 1.24. The van der Waals surface area contributed by atoms with Gasteiger partial charge in [0.05, 0.1) is 11.0 Å². The van der Waals surface area contributed by atoms with Crippen molar-refractivity contribution in [2.24, 2.45) is 0 Å². The number of ether oxygens (including phenoxy) is 2. The quantitative estimate of drug-likeness (QED) is 0.477. The summed E-state index contributed by atoms with van der Waals surface area (Å²) >= 11 is 0. The number of nitro groups is 1. The second-order valence-corrected chi connectivity index (χ2v) is 4.75. The van der Waals surface area contributed by atoms with Crippen molar-refractivity contribution >= 4 is 11.7 Å². The zero-order chi connectivity index (χ0) is 14.6. The fourth-order valence-corrected chi connectivity index (χ4v) is 1.24. The molecular weight excluding hydrogens is 257 g/mol. The summed E-state index contributed by atoms with van der Waals surface area (Å²) < 4.78 is 23.1. The average Bonchev–Trinajstić information content (AvgIpc) is 2.25. The molecule has 0 unspecified atom stereocenters. The van der Waals surface area contributed by atoms with E-state index < -0.39 is 34.6 Å². The lowest BCUT2D eigenvalue weighted by atomic mass is 10.2. The number of carbonyl (C=O) groups is 1. The maximum absolute atomic E-state index is 13.1. The molecule has 6 nitrogen and oxygen atoms in total. The summed E-state index contributed by atoms with van der Waals surface area (Å²) in [5.41, 5.74) is -1.35. The minimum Gasteiger partial charge on any atom is -0.482 e. The van der Waals surface area contributed by atoms with E-state index in [9.17, 15) is 19.3 Å². The highest BCUT2D eigenvalue weighted by Crippen LogP contribution is 2.23. The number of nitro benzene ring substituents is 1. The van der Waals surface area contributed by atoms with Crippen LogP contribution in [0.5, 0.6) is 5.75 Å². The van der Waals surface area contributed by atoms with E-state index in [2.05, 4.69) is 0 Å². The molecule has 0 bridgehead atoms. The summed E-state index contributed by atoms with van der Waals surface area (Å²) in [4.78, 5) is 21.0. The van der Waals surface area contributed by atoms with Gasteiger partial charge < -0.3 is 9.47 Å². The van der Waals surface area contributed by atoms with Crippen LogP contribution in [0.1, 0.15) is 20.8 Å². The SMILES string of the molecule is CC(C)(C)OC(=O)COc1ccc(F)c([N+](=O)[O-])c1. The lowest BCUT2D eigenvalue weighted by Crippen LogP contribution is -2.27. The molecule has 0 aromatic heterocycles. The van der Waals surface area contributed by atoms with E-state index >= 15 is 0 Å². The van der Waals surface area contributed by atoms with Crippen LogP contribution < -0.4 is 4.74 Å². The van der Waals surface area contributed by atoms with Crippen LogP contribution in [0.2, 0.25) is 0 Å². The van der Waals surface area contributed by atoms with Gasteiger partial charge in [0.15, 0.2) is 6.61 Å². The Bertz CT molecular complexity index is 495. The van der Waals surface area contributed by atoms with Crippen molar-refractivity contribution in [3.8, 4) is 5.75 Å². The van der Waals surface area contributed by atoms with Gasteiger partial charge in [-0.1, -0.05) is 0 Å². The summed E-state index contributed by atoms with van der Waals surface area (Å²) in [5, 5.41) is 10.5. The molecule has 1 aromatic carbocycles. The van der Waals surface area contributed by atoms with Gasteiger partial charge in [0.25, 0.3) is 0 Å². The largest absolute Gasteiger partial charge is 0.482 e. The molecule has 7 heteroatoms. The molecule has 1 rings (SSSR count). The molecule has 0 aliphatic heterocycles. The van der Waals surface area contributed by atoms with E-state index in [0.29, 0.717) is 0 Å². The van der Waals surface area contributed by atoms with Crippen molar-refractivity contribution < 1.29 is 23.6 Å². The molecule has 19 heavy (non-hydrogen) atoms. The van der Waals surface area contributed by atoms with Crippen molar-refractivity contribution in [1.82, 2.24) is 0 Å². The van der Waals surface area contributed by atoms with Gasteiger partial charge in [-0.15, -0.1) is 0 Å². The molecule has 0 saturated heterocycles. The van der Waals surface area contributed by atoms with Crippen LogP contribution in [-0.2, 0) is 9.53 Å². The van der Waals surface area contributed by atoms with E-state index in [0.717, 1.165) is 12.1 Å². The molecule has 104 valence electrons. The van der Waals surface area contributed by atoms with Crippen molar-refractivity contribution in [3.05, 3.63) is 34.1 Å². The molecule has 0 N–H and O–H groups in total. The van der Waals surface area contributed by atoms with Crippen LogP contribution in [0.4, 0.5) is 10.1 Å². The second-order valence-electron chi connectivity index (χ2n) is 4.75. The first kappa shape index (κ1) is 14.9. The normalized spacial score (nSPS) is 10.9. The van der Waals surface area contributed by atoms with Gasteiger partial charge >= 0.3 is 11.7 Å². The first-order chi connectivity index (χ1) is 8.69. The molecule has 0 atom stereocenters. The van der Waals surface area contributed by atoms with Crippen LogP contribution >= 0.6 is 0 Å². The Morgan fingerprint density at radius 3 is 2.58 bits per heavy atom. The number of nitrogens with zero attached hydrogens (tertiary/aromatic N) is 1. The van der Waals surface area contributed by atoms with Crippen molar-refractivity contribution in [1.29, 1.82) is 0 Å². The Hall–Kier alpha value is -2.18. The third kappa shape index (κ3) is 4.90. The summed E-state index contributed by atoms with van der Waals surface area (Å²) in [6.45, 7) is 4.70. The number of halogens is 1. The van der Waals surface area contributed by atoms with Gasteiger partial charge in [-0.3, -0.25) is 10.1 Å². The van der Waals surface area contributed by atoms with Crippen LogP contribution in [0.25, 0.3) is 0 Å². The van der Waals surface area contributed by atoms with Crippen LogP contribution in [0.3, 0.4) is 0 Å². The Labute approximate surface area is 109 Å². The fraction of sp³-hybridized carbons (Fsp3) is 0.417. The number of rotatable bonds is 4. The summed E-state index contributed by atoms with van der Waals surface area (Å²) in [6, 6.07) is 3.02. The second kappa shape index (κ2) is 5.64. The van der Waals surface area contributed by atoms with E-state index in [1.54, 1.807) is 20.8 Å². The third-order valence-corrected chi connectivity index (χ3v) is 1.89. The molecule has 0 radical (unpaired) electrons. The molecule has 0 aliphatic rings. The van der Waals surface area contributed by atoms with Crippen molar-refractivity contribution in [3.63, 3.8) is 0 Å². The lowest BCUT2D eigenvalue weighted by molar-refractivity contribution is -0.387. The first-order valence-corrected chi connectivity index (χ1v) is 5.47. The summed E-state index contributed by atoms with van der Waals surface area (Å²) in [7, 11) is 0. The topological polar surface area (TPSA) is 78.7 Å². The molecule has 0 aliphatic carbocycles. The average molecular weight is 271 g/mol. The van der Waals surface area contributed by atoms with Gasteiger partial charge in [0.1, 0.15) is 11.4 Å². The van der Waals surface area contributed by atoms with Crippen LogP contribution in [0.15, 0.2) is 18.2 Å². The van der Waals surface area contributed by atoms with E-state index in [-0.39, 0.29) is 5.75 Å². The Morgan fingerprint density at radius 1 is 1.42 bits per heavy atom. The standard InChI is InChI=1S/C12H14FNO5/c1-12(2,3)19-11(15)7-18-8-4-5-9(13)10(6-8)14(16)17/h4-6H,7H2,1-3H3. The smallest absolute Gasteiger partial charge is 0.344 e. The minimum absolute atomic E-state index is 0.0268. The highest BCUT2D eigenvalue weighted by atomic mass is 19.1. The Morgan fingerprint density at radius 2 is 2.05 bits per heavy atom. The molecule has 0 saturated carbocycles. The minimum atomic E-state index is -0.963. The molecule has 0 heterocycles. The monoisotopic (exact) mass is 271 g/mol.